The van der Waals surface area contributed by atoms with Crippen molar-refractivity contribution in [2.75, 3.05) is 26.3 Å². The van der Waals surface area contributed by atoms with Gasteiger partial charge < -0.3 is 25.2 Å². The zero-order chi connectivity index (χ0) is 31.4. The standard InChI is InChI=1S/C34H48F2N2O5/c1-4-12-38(13-5-2)34(42)27-16-23(3)15-26(20-27)33(41)37-30(19-25-17-28(35)21-29(36)18-25)32(40)31(39)22-43-14-11-24-9-7-6-8-10-24/h15-18,20-21,24,30-32,39-40H,4-14,19,22H2,1-3H3,(H,37,41)/t30-,31+,32+/m0/s1. The number of hydrogen-bond acceptors (Lipinski definition) is 5. The minimum atomic E-state index is -1.49. The number of ether oxygens (including phenoxy) is 1. The number of rotatable bonds is 16. The first-order valence-corrected chi connectivity index (χ1v) is 15.7. The number of nitrogens with zero attached hydrogens (tertiary/aromatic N) is 1. The Morgan fingerprint density at radius 2 is 1.58 bits per heavy atom. The third-order valence-electron chi connectivity index (χ3n) is 8.05. The summed E-state index contributed by atoms with van der Waals surface area (Å²) in [6.45, 7) is 7.28. The molecule has 1 aliphatic carbocycles. The number of nitrogens with one attached hydrogen (secondary N) is 1. The number of hydrogen-bond donors (Lipinski definition) is 3. The number of aliphatic hydroxyl groups is 2. The maximum absolute atomic E-state index is 14.0. The molecule has 1 fully saturated rings. The van der Waals surface area contributed by atoms with Crippen LogP contribution in [-0.2, 0) is 11.2 Å². The van der Waals surface area contributed by atoms with Crippen LogP contribution in [0.15, 0.2) is 36.4 Å². The Morgan fingerprint density at radius 1 is 0.953 bits per heavy atom. The van der Waals surface area contributed by atoms with E-state index in [1.165, 1.54) is 38.2 Å². The molecule has 1 aliphatic rings. The van der Waals surface area contributed by atoms with Crippen LogP contribution in [0.1, 0.15) is 97.1 Å². The van der Waals surface area contributed by atoms with Gasteiger partial charge in [-0.1, -0.05) is 46.0 Å². The van der Waals surface area contributed by atoms with Gasteiger partial charge in [0.05, 0.1) is 12.6 Å². The quantitative estimate of drug-likeness (QED) is 0.218. The summed E-state index contributed by atoms with van der Waals surface area (Å²) in [6.07, 6.45) is 5.58. The highest BCUT2D eigenvalue weighted by Gasteiger charge is 2.29. The zero-order valence-electron chi connectivity index (χ0n) is 25.8. The average molecular weight is 603 g/mol. The Kier molecular flexibility index (Phi) is 14.0. The second-order valence-electron chi connectivity index (χ2n) is 11.9. The number of halogens is 2. The molecule has 0 bridgehead atoms. The maximum Gasteiger partial charge on any atom is 0.253 e. The smallest absolute Gasteiger partial charge is 0.253 e. The SMILES string of the molecule is CCCN(CCC)C(=O)c1cc(C)cc(C(=O)N[C@@H](Cc2cc(F)cc(F)c2)[C@@H](O)[C@H](O)COCCC2CCCCC2)c1. The van der Waals surface area contributed by atoms with Crippen LogP contribution in [0, 0.1) is 24.5 Å². The molecule has 2 aromatic carbocycles. The van der Waals surface area contributed by atoms with E-state index in [1.807, 2.05) is 13.8 Å². The van der Waals surface area contributed by atoms with Gasteiger partial charge in [-0.3, -0.25) is 9.59 Å². The summed E-state index contributed by atoms with van der Waals surface area (Å²) < 4.78 is 33.6. The van der Waals surface area contributed by atoms with E-state index in [0.717, 1.165) is 37.5 Å². The Labute approximate surface area is 254 Å². The molecule has 3 atom stereocenters. The molecule has 0 aromatic heterocycles. The van der Waals surface area contributed by atoms with Gasteiger partial charge in [-0.25, -0.2) is 8.78 Å². The molecule has 0 heterocycles. The van der Waals surface area contributed by atoms with Gasteiger partial charge in [0.15, 0.2) is 0 Å². The first-order valence-electron chi connectivity index (χ1n) is 15.7. The van der Waals surface area contributed by atoms with E-state index in [9.17, 15) is 28.6 Å². The molecule has 1 saturated carbocycles. The summed E-state index contributed by atoms with van der Waals surface area (Å²) in [6, 6.07) is 6.78. The Balaban J connectivity index is 1.75. The largest absolute Gasteiger partial charge is 0.388 e. The van der Waals surface area contributed by atoms with E-state index in [1.54, 1.807) is 24.0 Å². The molecule has 3 N–H and O–H groups in total. The summed E-state index contributed by atoms with van der Waals surface area (Å²) in [5.74, 6) is -1.72. The normalized spacial score (nSPS) is 16.0. The van der Waals surface area contributed by atoms with Crippen LogP contribution < -0.4 is 5.32 Å². The van der Waals surface area contributed by atoms with Gasteiger partial charge in [0.25, 0.3) is 11.8 Å². The van der Waals surface area contributed by atoms with Crippen LogP contribution in [0.2, 0.25) is 0 Å². The van der Waals surface area contributed by atoms with Crippen LogP contribution in [0.3, 0.4) is 0 Å². The van der Waals surface area contributed by atoms with Gasteiger partial charge in [0.1, 0.15) is 23.8 Å². The second kappa shape index (κ2) is 17.4. The predicted molar refractivity (Wildman–Crippen MR) is 163 cm³/mol. The molecule has 0 radical (unpaired) electrons. The van der Waals surface area contributed by atoms with E-state index in [-0.39, 0.29) is 30.1 Å². The molecule has 43 heavy (non-hydrogen) atoms. The van der Waals surface area contributed by atoms with Crippen molar-refractivity contribution >= 4 is 11.8 Å². The van der Waals surface area contributed by atoms with E-state index in [0.29, 0.717) is 36.7 Å². The molecule has 2 amide bonds. The molecule has 2 aromatic rings. The van der Waals surface area contributed by atoms with Crippen LogP contribution in [0.5, 0.6) is 0 Å². The Bertz CT molecular complexity index is 1160. The lowest BCUT2D eigenvalue weighted by Crippen LogP contribution is -2.51. The van der Waals surface area contributed by atoms with Gasteiger partial charge in [0.2, 0.25) is 0 Å². The van der Waals surface area contributed by atoms with E-state index < -0.39 is 35.8 Å². The zero-order valence-corrected chi connectivity index (χ0v) is 25.8. The fourth-order valence-electron chi connectivity index (χ4n) is 5.86. The van der Waals surface area contributed by atoms with Gasteiger partial charge in [-0.05, 0) is 80.0 Å². The average Bonchev–Trinajstić information content (AvgIpc) is 2.97. The minimum absolute atomic E-state index is 0.140. The van der Waals surface area contributed by atoms with Crippen molar-refractivity contribution in [1.82, 2.24) is 10.2 Å². The van der Waals surface area contributed by atoms with Crippen molar-refractivity contribution in [3.8, 4) is 0 Å². The van der Waals surface area contributed by atoms with Crippen molar-refractivity contribution in [2.45, 2.75) is 96.8 Å². The van der Waals surface area contributed by atoms with Crippen molar-refractivity contribution in [1.29, 1.82) is 0 Å². The number of carbonyl (C=O) groups excluding carboxylic acids is 2. The summed E-state index contributed by atoms with van der Waals surface area (Å²) in [4.78, 5) is 28.5. The van der Waals surface area contributed by atoms with Gasteiger partial charge in [-0.15, -0.1) is 0 Å². The number of amides is 2. The number of carbonyl (C=O) groups is 2. The fraction of sp³-hybridized carbons (Fsp3) is 0.588. The summed E-state index contributed by atoms with van der Waals surface area (Å²) in [7, 11) is 0. The van der Waals surface area contributed by atoms with Crippen molar-refractivity contribution in [3.63, 3.8) is 0 Å². The Morgan fingerprint density at radius 3 is 2.21 bits per heavy atom. The van der Waals surface area contributed by atoms with Crippen LogP contribution in [0.4, 0.5) is 8.78 Å². The predicted octanol–water partition coefficient (Wildman–Crippen LogP) is 5.59. The fourth-order valence-corrected chi connectivity index (χ4v) is 5.86. The van der Waals surface area contributed by atoms with Gasteiger partial charge >= 0.3 is 0 Å². The monoisotopic (exact) mass is 602 g/mol. The minimum Gasteiger partial charge on any atom is -0.388 e. The third-order valence-corrected chi connectivity index (χ3v) is 8.05. The molecule has 7 nitrogen and oxygen atoms in total. The number of aliphatic hydroxyl groups excluding tert-OH is 2. The van der Waals surface area contributed by atoms with Crippen LogP contribution >= 0.6 is 0 Å². The first-order chi connectivity index (χ1) is 20.6. The van der Waals surface area contributed by atoms with Crippen molar-refractivity contribution in [3.05, 3.63) is 70.3 Å². The Hall–Kier alpha value is -2.88. The summed E-state index contributed by atoms with van der Waals surface area (Å²) >= 11 is 0. The van der Waals surface area contributed by atoms with Crippen molar-refractivity contribution < 1.29 is 33.3 Å². The molecular formula is C34H48F2N2O5. The number of benzene rings is 2. The molecule has 238 valence electrons. The molecule has 0 saturated heterocycles. The molecule has 0 spiro atoms. The molecule has 0 unspecified atom stereocenters. The van der Waals surface area contributed by atoms with E-state index >= 15 is 0 Å². The lowest BCUT2D eigenvalue weighted by molar-refractivity contribution is -0.0526. The van der Waals surface area contributed by atoms with Crippen LogP contribution in [-0.4, -0.2) is 71.5 Å². The second-order valence-corrected chi connectivity index (χ2v) is 11.9. The first kappa shape index (κ1) is 34.6. The van der Waals surface area contributed by atoms with Crippen LogP contribution in [0.25, 0.3) is 0 Å². The van der Waals surface area contributed by atoms with Gasteiger partial charge in [0, 0.05) is 36.9 Å². The topological polar surface area (TPSA) is 99.1 Å². The number of aryl methyl sites for hydroxylation is 1. The lowest BCUT2D eigenvalue weighted by atomic mass is 9.87. The molecule has 0 aliphatic heterocycles. The lowest BCUT2D eigenvalue weighted by Gasteiger charge is -2.28. The highest BCUT2D eigenvalue weighted by atomic mass is 19.1. The highest BCUT2D eigenvalue weighted by molar-refractivity contribution is 6.00. The molecular weight excluding hydrogens is 554 g/mol. The van der Waals surface area contributed by atoms with Gasteiger partial charge in [-0.2, -0.15) is 0 Å². The van der Waals surface area contributed by atoms with E-state index in [2.05, 4.69) is 5.32 Å². The molecule has 3 rings (SSSR count). The van der Waals surface area contributed by atoms with Crippen molar-refractivity contribution in [2.24, 2.45) is 5.92 Å². The third kappa shape index (κ3) is 11.0. The van der Waals surface area contributed by atoms with E-state index in [4.69, 9.17) is 4.74 Å². The summed E-state index contributed by atoms with van der Waals surface area (Å²) in [5, 5.41) is 24.7. The maximum atomic E-state index is 14.0. The summed E-state index contributed by atoms with van der Waals surface area (Å²) in [5.41, 5.74) is 1.50. The molecule has 9 heteroatoms. The highest BCUT2D eigenvalue weighted by Crippen LogP contribution is 2.26.